The Morgan fingerprint density at radius 1 is 1.23 bits per heavy atom. The van der Waals surface area contributed by atoms with Gasteiger partial charge in [0.1, 0.15) is 17.3 Å². The molecule has 0 radical (unpaired) electrons. The maximum Gasteiger partial charge on any atom is 0.419 e. The van der Waals surface area contributed by atoms with Gasteiger partial charge >= 0.3 is 6.18 Å². The predicted molar refractivity (Wildman–Crippen MR) is 106 cm³/mol. The highest BCUT2D eigenvalue weighted by Gasteiger charge is 2.34. The SMILES string of the molecule is CC(=O)N1CCC(c2cc(Nc3ncccc3C(F)(F)F)nc(-c3ccnn3C)n2)C1. The summed E-state index contributed by atoms with van der Waals surface area (Å²) in [7, 11) is 1.73. The minimum Gasteiger partial charge on any atom is -0.342 e. The van der Waals surface area contributed by atoms with Crippen LogP contribution in [0, 0.1) is 0 Å². The van der Waals surface area contributed by atoms with E-state index in [9.17, 15) is 18.0 Å². The number of likely N-dealkylation sites (tertiary alicyclic amines) is 1. The number of amides is 1. The van der Waals surface area contributed by atoms with E-state index in [2.05, 4.69) is 25.4 Å². The third kappa shape index (κ3) is 4.35. The van der Waals surface area contributed by atoms with E-state index in [1.807, 2.05) is 0 Å². The maximum absolute atomic E-state index is 13.4. The summed E-state index contributed by atoms with van der Waals surface area (Å²) in [6, 6.07) is 5.53. The summed E-state index contributed by atoms with van der Waals surface area (Å²) in [6.45, 7) is 2.61. The molecule has 0 aliphatic carbocycles. The molecule has 1 amide bonds. The number of anilines is 2. The fraction of sp³-hybridized carbons (Fsp3) is 0.350. The molecular weight excluding hydrogens is 411 g/mol. The fourth-order valence-corrected chi connectivity index (χ4v) is 3.59. The number of halogens is 3. The fourth-order valence-electron chi connectivity index (χ4n) is 3.59. The quantitative estimate of drug-likeness (QED) is 0.682. The van der Waals surface area contributed by atoms with Gasteiger partial charge in [-0.1, -0.05) is 0 Å². The Balaban J connectivity index is 1.75. The second-order valence-corrected chi connectivity index (χ2v) is 7.31. The lowest BCUT2D eigenvalue weighted by atomic mass is 10.0. The average Bonchev–Trinajstić information content (AvgIpc) is 3.37. The van der Waals surface area contributed by atoms with Crippen molar-refractivity contribution in [3.63, 3.8) is 0 Å². The molecule has 0 saturated carbocycles. The molecule has 11 heteroatoms. The smallest absolute Gasteiger partial charge is 0.342 e. The van der Waals surface area contributed by atoms with Crippen molar-refractivity contribution in [2.45, 2.75) is 25.4 Å². The van der Waals surface area contributed by atoms with Crippen molar-refractivity contribution in [2.24, 2.45) is 7.05 Å². The van der Waals surface area contributed by atoms with Gasteiger partial charge in [-0.05, 0) is 24.6 Å². The van der Waals surface area contributed by atoms with Crippen molar-refractivity contribution in [1.29, 1.82) is 0 Å². The number of rotatable bonds is 4. The third-order valence-electron chi connectivity index (χ3n) is 5.21. The lowest BCUT2D eigenvalue weighted by Gasteiger charge is -2.16. The first-order chi connectivity index (χ1) is 14.7. The summed E-state index contributed by atoms with van der Waals surface area (Å²) in [5, 5.41) is 6.82. The Hall–Kier alpha value is -3.50. The number of carbonyl (C=O) groups excluding carboxylic acids is 1. The monoisotopic (exact) mass is 431 g/mol. The number of nitrogens with zero attached hydrogens (tertiary/aromatic N) is 6. The van der Waals surface area contributed by atoms with E-state index in [0.717, 1.165) is 6.07 Å². The van der Waals surface area contributed by atoms with Crippen molar-refractivity contribution >= 4 is 17.5 Å². The molecule has 3 aromatic heterocycles. The molecule has 0 aromatic carbocycles. The molecule has 162 valence electrons. The lowest BCUT2D eigenvalue weighted by Crippen LogP contribution is -2.25. The first-order valence-electron chi connectivity index (χ1n) is 9.64. The van der Waals surface area contributed by atoms with E-state index in [1.54, 1.807) is 35.0 Å². The molecule has 3 aromatic rings. The van der Waals surface area contributed by atoms with Crippen LogP contribution in [0.2, 0.25) is 0 Å². The van der Waals surface area contributed by atoms with Gasteiger partial charge in [0.05, 0.1) is 11.3 Å². The van der Waals surface area contributed by atoms with E-state index < -0.39 is 11.7 Å². The highest BCUT2D eigenvalue weighted by Crippen LogP contribution is 2.35. The van der Waals surface area contributed by atoms with Crippen molar-refractivity contribution in [3.8, 4) is 11.5 Å². The van der Waals surface area contributed by atoms with Gasteiger partial charge in [-0.15, -0.1) is 0 Å². The molecule has 1 aliphatic heterocycles. The second kappa shape index (κ2) is 7.97. The standard InChI is InChI=1S/C20H20F3N7O/c1-12(31)30-9-6-13(11-30)15-10-17(28-19(26-15)16-5-8-25-29(16)2)27-18-14(20(21,22)23)4-3-7-24-18/h3-5,7-8,10,13H,6,9,11H2,1-2H3,(H,24,26,27,28). The minimum absolute atomic E-state index is 0.0231. The molecular formula is C20H20F3N7O. The van der Waals surface area contributed by atoms with Crippen LogP contribution < -0.4 is 5.32 Å². The molecule has 1 unspecified atom stereocenters. The highest BCUT2D eigenvalue weighted by atomic mass is 19.4. The van der Waals surface area contributed by atoms with Crippen LogP contribution in [0.5, 0.6) is 0 Å². The molecule has 4 rings (SSSR count). The number of aryl methyl sites for hydroxylation is 1. The van der Waals surface area contributed by atoms with Gasteiger partial charge in [0.15, 0.2) is 5.82 Å². The summed E-state index contributed by atoms with van der Waals surface area (Å²) in [4.78, 5) is 26.3. The third-order valence-corrected chi connectivity index (χ3v) is 5.21. The zero-order chi connectivity index (χ0) is 22.2. The number of pyridine rings is 1. The van der Waals surface area contributed by atoms with Crippen LogP contribution >= 0.6 is 0 Å². The van der Waals surface area contributed by atoms with Crippen LogP contribution in [-0.2, 0) is 18.0 Å². The number of carbonyl (C=O) groups is 1. The summed E-state index contributed by atoms with van der Waals surface area (Å²) >= 11 is 0. The predicted octanol–water partition coefficient (Wildman–Crippen LogP) is 3.37. The van der Waals surface area contributed by atoms with Gasteiger partial charge in [-0.2, -0.15) is 18.3 Å². The second-order valence-electron chi connectivity index (χ2n) is 7.31. The van der Waals surface area contributed by atoms with Crippen molar-refractivity contribution in [1.82, 2.24) is 29.6 Å². The highest BCUT2D eigenvalue weighted by molar-refractivity contribution is 5.73. The zero-order valence-corrected chi connectivity index (χ0v) is 16.9. The van der Waals surface area contributed by atoms with E-state index >= 15 is 0 Å². The van der Waals surface area contributed by atoms with Crippen LogP contribution in [0.4, 0.5) is 24.8 Å². The Kier molecular flexibility index (Phi) is 5.34. The number of aromatic nitrogens is 5. The van der Waals surface area contributed by atoms with Gasteiger partial charge in [-0.25, -0.2) is 15.0 Å². The summed E-state index contributed by atoms with van der Waals surface area (Å²) in [5.74, 6) is 0.0974. The topological polar surface area (TPSA) is 88.8 Å². The van der Waals surface area contributed by atoms with Crippen LogP contribution in [-0.4, -0.2) is 48.6 Å². The van der Waals surface area contributed by atoms with Gasteiger partial charge in [-0.3, -0.25) is 9.48 Å². The van der Waals surface area contributed by atoms with E-state index in [1.165, 1.54) is 19.2 Å². The van der Waals surface area contributed by atoms with Gasteiger partial charge in [0.2, 0.25) is 5.91 Å². The van der Waals surface area contributed by atoms with E-state index in [-0.39, 0.29) is 23.5 Å². The zero-order valence-electron chi connectivity index (χ0n) is 16.9. The largest absolute Gasteiger partial charge is 0.419 e. The lowest BCUT2D eigenvalue weighted by molar-refractivity contribution is -0.137. The summed E-state index contributed by atoms with van der Waals surface area (Å²) in [6.07, 6.45) is -0.988. The van der Waals surface area contributed by atoms with E-state index in [4.69, 9.17) is 0 Å². The number of hydrogen-bond donors (Lipinski definition) is 1. The van der Waals surface area contributed by atoms with Crippen LogP contribution in [0.25, 0.3) is 11.5 Å². The molecule has 31 heavy (non-hydrogen) atoms. The van der Waals surface area contributed by atoms with E-state index in [0.29, 0.717) is 36.7 Å². The summed E-state index contributed by atoms with van der Waals surface area (Å²) < 4.78 is 41.8. The molecule has 1 atom stereocenters. The van der Waals surface area contributed by atoms with Crippen LogP contribution in [0.3, 0.4) is 0 Å². The molecule has 1 aliphatic rings. The number of hydrogen-bond acceptors (Lipinski definition) is 6. The first kappa shape index (κ1) is 20.8. The maximum atomic E-state index is 13.4. The van der Waals surface area contributed by atoms with Crippen LogP contribution in [0.15, 0.2) is 36.7 Å². The van der Waals surface area contributed by atoms with Gasteiger partial charge < -0.3 is 10.2 Å². The average molecular weight is 431 g/mol. The molecule has 0 spiro atoms. The Morgan fingerprint density at radius 2 is 2.03 bits per heavy atom. The molecule has 1 fully saturated rings. The Bertz CT molecular complexity index is 1110. The van der Waals surface area contributed by atoms with Crippen LogP contribution in [0.1, 0.15) is 30.5 Å². The molecule has 8 nitrogen and oxygen atoms in total. The molecule has 0 bridgehead atoms. The normalized spacial score (nSPS) is 16.5. The van der Waals surface area contributed by atoms with Crippen molar-refractivity contribution in [3.05, 3.63) is 47.9 Å². The number of nitrogens with one attached hydrogen (secondary N) is 1. The van der Waals surface area contributed by atoms with Crippen molar-refractivity contribution < 1.29 is 18.0 Å². The van der Waals surface area contributed by atoms with Gasteiger partial charge in [0.25, 0.3) is 0 Å². The molecule has 1 saturated heterocycles. The van der Waals surface area contributed by atoms with Gasteiger partial charge in [0, 0.05) is 51.4 Å². The summed E-state index contributed by atoms with van der Waals surface area (Å²) in [5.41, 5.74) is 0.367. The number of alkyl halides is 3. The minimum atomic E-state index is -4.56. The Morgan fingerprint density at radius 3 is 2.68 bits per heavy atom. The molecule has 4 heterocycles. The van der Waals surface area contributed by atoms with Crippen molar-refractivity contribution in [2.75, 3.05) is 18.4 Å². The first-order valence-corrected chi connectivity index (χ1v) is 9.64. The Labute approximate surface area is 176 Å². The molecule has 1 N–H and O–H groups in total.